The molecule has 160 valence electrons. The van der Waals surface area contributed by atoms with E-state index in [9.17, 15) is 14.9 Å². The Morgan fingerprint density at radius 1 is 1.13 bits per heavy atom. The van der Waals surface area contributed by atoms with Gasteiger partial charge in [0, 0.05) is 12.1 Å². The fraction of sp³-hybridized carbons (Fsp3) is 0.381. The number of hydrogen-bond donors (Lipinski definition) is 2. The summed E-state index contributed by atoms with van der Waals surface area (Å²) in [5.41, 5.74) is 1.25. The molecule has 9 heteroatoms. The first kappa shape index (κ1) is 21.4. The van der Waals surface area contributed by atoms with Crippen LogP contribution in [0.5, 0.6) is 11.5 Å². The molecule has 0 unspecified atom stereocenters. The maximum absolute atomic E-state index is 12.8. The molecule has 0 aromatic heterocycles. The zero-order chi connectivity index (χ0) is 21.7. The van der Waals surface area contributed by atoms with E-state index < -0.39 is 4.92 Å². The Hall–Kier alpha value is -3.33. The second kappa shape index (κ2) is 9.45. The lowest BCUT2D eigenvalue weighted by molar-refractivity contribution is -0.914. The number of carbonyl (C=O) groups is 1. The molecule has 0 radical (unpaired) electrons. The summed E-state index contributed by atoms with van der Waals surface area (Å²) in [6.45, 7) is 5.05. The van der Waals surface area contributed by atoms with Crippen LogP contribution in [0, 0.1) is 10.1 Å². The highest BCUT2D eigenvalue weighted by Crippen LogP contribution is 2.29. The number of nitrogens with one attached hydrogen (secondary N) is 2. The van der Waals surface area contributed by atoms with Crippen molar-refractivity contribution >= 4 is 23.0 Å². The molecule has 1 heterocycles. The highest BCUT2D eigenvalue weighted by atomic mass is 16.6. The topological polar surface area (TPSA) is 98.4 Å². The molecule has 1 atom stereocenters. The molecule has 0 aliphatic carbocycles. The number of nitro groups is 1. The van der Waals surface area contributed by atoms with Crippen molar-refractivity contribution in [2.24, 2.45) is 0 Å². The number of hydrogen-bond acceptors (Lipinski definition) is 6. The third kappa shape index (κ3) is 4.62. The van der Waals surface area contributed by atoms with Crippen LogP contribution >= 0.6 is 0 Å². The molecule has 0 spiro atoms. The van der Waals surface area contributed by atoms with Crippen molar-refractivity contribution in [3.63, 3.8) is 0 Å². The molecule has 3 rings (SSSR count). The lowest BCUT2D eigenvalue weighted by atomic mass is 10.1. The number of carbonyl (C=O) groups excluding carboxylic acids is 1. The van der Waals surface area contributed by atoms with Crippen molar-refractivity contribution in [1.82, 2.24) is 0 Å². The van der Waals surface area contributed by atoms with Gasteiger partial charge in [0.2, 0.25) is 0 Å². The summed E-state index contributed by atoms with van der Waals surface area (Å²) in [6.07, 6.45) is 0. The van der Waals surface area contributed by atoms with Gasteiger partial charge in [0.1, 0.15) is 11.5 Å². The molecular weight excluding hydrogens is 388 g/mol. The van der Waals surface area contributed by atoms with Crippen molar-refractivity contribution in [3.8, 4) is 11.5 Å². The van der Waals surface area contributed by atoms with E-state index in [0.29, 0.717) is 11.4 Å². The normalized spacial score (nSPS) is 15.4. The summed E-state index contributed by atoms with van der Waals surface area (Å²) in [4.78, 5) is 26.8. The predicted octanol–water partition coefficient (Wildman–Crippen LogP) is 1.34. The van der Waals surface area contributed by atoms with E-state index >= 15 is 0 Å². The van der Waals surface area contributed by atoms with Crippen molar-refractivity contribution in [1.29, 1.82) is 0 Å². The Bertz CT molecular complexity index is 912. The smallest absolute Gasteiger partial charge is 0.282 e. The summed E-state index contributed by atoms with van der Waals surface area (Å²) in [7, 11) is 3.12. The fourth-order valence-corrected chi connectivity index (χ4v) is 3.69. The second-order valence-corrected chi connectivity index (χ2v) is 7.17. The summed E-state index contributed by atoms with van der Waals surface area (Å²) >= 11 is 0. The molecule has 2 aromatic rings. The number of quaternary nitrogens is 1. The van der Waals surface area contributed by atoms with Gasteiger partial charge in [0.05, 0.1) is 56.7 Å². The largest absolute Gasteiger partial charge is 0.495 e. The number of rotatable bonds is 7. The summed E-state index contributed by atoms with van der Waals surface area (Å²) < 4.78 is 10.7. The molecule has 2 aromatic carbocycles. The van der Waals surface area contributed by atoms with Crippen LogP contribution in [0.25, 0.3) is 0 Å². The fourth-order valence-electron chi connectivity index (χ4n) is 3.69. The van der Waals surface area contributed by atoms with Crippen molar-refractivity contribution in [2.45, 2.75) is 13.0 Å². The average molecular weight is 415 g/mol. The van der Waals surface area contributed by atoms with Gasteiger partial charge in [0.25, 0.3) is 11.6 Å². The van der Waals surface area contributed by atoms with Crippen LogP contribution in [-0.2, 0) is 4.79 Å². The Balaban J connectivity index is 1.64. The Morgan fingerprint density at radius 2 is 1.80 bits per heavy atom. The Morgan fingerprint density at radius 3 is 2.43 bits per heavy atom. The predicted molar refractivity (Wildman–Crippen MR) is 114 cm³/mol. The van der Waals surface area contributed by atoms with Crippen LogP contribution in [0.4, 0.5) is 17.1 Å². The zero-order valence-electron chi connectivity index (χ0n) is 17.4. The van der Waals surface area contributed by atoms with E-state index in [1.807, 2.05) is 31.2 Å². The van der Waals surface area contributed by atoms with E-state index in [0.717, 1.165) is 42.5 Å². The third-order valence-corrected chi connectivity index (χ3v) is 5.49. The van der Waals surface area contributed by atoms with Gasteiger partial charge in [-0.2, -0.15) is 0 Å². The number of non-ortho nitro benzene ring substituents is 1. The monoisotopic (exact) mass is 415 g/mol. The molecule has 2 N–H and O–H groups in total. The number of anilines is 2. The Kier molecular flexibility index (Phi) is 6.73. The lowest BCUT2D eigenvalue weighted by Crippen LogP contribution is -3.19. The lowest BCUT2D eigenvalue weighted by Gasteiger charge is -2.36. The number of amides is 1. The zero-order valence-corrected chi connectivity index (χ0v) is 17.4. The Labute approximate surface area is 175 Å². The molecule has 0 bridgehead atoms. The summed E-state index contributed by atoms with van der Waals surface area (Å²) in [5.74, 6) is 1.02. The average Bonchev–Trinajstić information content (AvgIpc) is 2.78. The highest BCUT2D eigenvalue weighted by molar-refractivity contribution is 5.95. The molecular formula is C21H27N4O5+. The van der Waals surface area contributed by atoms with Gasteiger partial charge in [-0.3, -0.25) is 14.9 Å². The SMILES string of the molecule is COc1ccc([N+](=O)[O-])cc1NC(=O)[C@@H](C)[NH+]1CCN(c2ccccc2OC)CC1. The van der Waals surface area contributed by atoms with Crippen molar-refractivity contribution < 1.29 is 24.1 Å². The maximum atomic E-state index is 12.8. The van der Waals surface area contributed by atoms with E-state index in [4.69, 9.17) is 9.47 Å². The van der Waals surface area contributed by atoms with E-state index in [1.54, 1.807) is 7.11 Å². The van der Waals surface area contributed by atoms with Gasteiger partial charge in [-0.25, -0.2) is 0 Å². The molecule has 30 heavy (non-hydrogen) atoms. The number of nitrogens with zero attached hydrogens (tertiary/aromatic N) is 2. The van der Waals surface area contributed by atoms with E-state index in [2.05, 4.69) is 10.2 Å². The van der Waals surface area contributed by atoms with Crippen LogP contribution in [0.3, 0.4) is 0 Å². The highest BCUT2D eigenvalue weighted by Gasteiger charge is 2.30. The number of benzene rings is 2. The number of para-hydroxylation sites is 2. The molecule has 1 fully saturated rings. The summed E-state index contributed by atoms with van der Waals surface area (Å²) in [5, 5.41) is 13.8. The van der Waals surface area contributed by atoms with Crippen LogP contribution in [0.2, 0.25) is 0 Å². The first-order valence-electron chi connectivity index (χ1n) is 9.80. The maximum Gasteiger partial charge on any atom is 0.282 e. The van der Waals surface area contributed by atoms with Crippen LogP contribution in [0.15, 0.2) is 42.5 Å². The van der Waals surface area contributed by atoms with Crippen LogP contribution in [0.1, 0.15) is 6.92 Å². The van der Waals surface area contributed by atoms with Gasteiger partial charge in [-0.1, -0.05) is 12.1 Å². The minimum absolute atomic E-state index is 0.100. The molecule has 1 aliphatic rings. The van der Waals surface area contributed by atoms with Crippen molar-refractivity contribution in [2.75, 3.05) is 50.6 Å². The second-order valence-electron chi connectivity index (χ2n) is 7.17. The molecule has 1 aliphatic heterocycles. The molecule has 1 saturated heterocycles. The minimum Gasteiger partial charge on any atom is -0.495 e. The quantitative estimate of drug-likeness (QED) is 0.523. The minimum atomic E-state index is -0.499. The van der Waals surface area contributed by atoms with E-state index in [-0.39, 0.29) is 17.6 Å². The number of nitro benzene ring substituents is 1. The van der Waals surface area contributed by atoms with Gasteiger partial charge in [-0.05, 0) is 25.1 Å². The van der Waals surface area contributed by atoms with Crippen LogP contribution < -0.4 is 24.6 Å². The van der Waals surface area contributed by atoms with Gasteiger partial charge in [-0.15, -0.1) is 0 Å². The first-order chi connectivity index (χ1) is 14.4. The molecule has 0 saturated carbocycles. The van der Waals surface area contributed by atoms with Gasteiger partial charge >= 0.3 is 0 Å². The van der Waals surface area contributed by atoms with Crippen molar-refractivity contribution in [3.05, 3.63) is 52.6 Å². The first-order valence-corrected chi connectivity index (χ1v) is 9.80. The number of piperazine rings is 1. The third-order valence-electron chi connectivity index (χ3n) is 5.49. The summed E-state index contributed by atoms with van der Waals surface area (Å²) in [6, 6.07) is 11.7. The van der Waals surface area contributed by atoms with Crippen LogP contribution in [-0.4, -0.2) is 57.3 Å². The van der Waals surface area contributed by atoms with Gasteiger partial charge < -0.3 is 24.6 Å². The van der Waals surface area contributed by atoms with E-state index in [1.165, 1.54) is 25.3 Å². The standard InChI is InChI=1S/C21H26N4O5/c1-15(21(26)22-17-14-16(25(27)28)8-9-19(17)29-2)23-10-12-24(13-11-23)18-6-4-5-7-20(18)30-3/h4-9,14-15H,10-13H2,1-3H3,(H,22,26)/p+1/t15-/m1/s1. The number of ether oxygens (including phenoxy) is 2. The molecule has 1 amide bonds. The van der Waals surface area contributed by atoms with Gasteiger partial charge in [0.15, 0.2) is 6.04 Å². The number of methoxy groups -OCH3 is 2. The molecule has 9 nitrogen and oxygen atoms in total.